The molecular formula is C38H22F4N2S2. The Morgan fingerprint density at radius 1 is 0.413 bits per heavy atom. The van der Waals surface area contributed by atoms with E-state index in [2.05, 4.69) is 0 Å². The van der Waals surface area contributed by atoms with E-state index in [1.165, 1.54) is 47.8 Å². The van der Waals surface area contributed by atoms with Gasteiger partial charge < -0.3 is 9.80 Å². The summed E-state index contributed by atoms with van der Waals surface area (Å²) in [5.74, 6) is -2.67. The van der Waals surface area contributed by atoms with Crippen molar-refractivity contribution in [2.75, 3.05) is 9.80 Å². The molecule has 0 saturated heterocycles. The highest BCUT2D eigenvalue weighted by atomic mass is 32.2. The first-order valence-corrected chi connectivity index (χ1v) is 16.1. The van der Waals surface area contributed by atoms with Crippen LogP contribution in [0, 0.1) is 23.3 Å². The van der Waals surface area contributed by atoms with Gasteiger partial charge in [-0.05, 0) is 58.3 Å². The number of benzene rings is 6. The highest BCUT2D eigenvalue weighted by molar-refractivity contribution is 8.15. The van der Waals surface area contributed by atoms with Crippen molar-refractivity contribution in [2.24, 2.45) is 0 Å². The highest BCUT2D eigenvalue weighted by Crippen LogP contribution is 2.55. The lowest BCUT2D eigenvalue weighted by molar-refractivity contribution is 0.582. The van der Waals surface area contributed by atoms with E-state index in [1.54, 1.807) is 0 Å². The summed E-state index contributed by atoms with van der Waals surface area (Å²) in [6, 6.07) is 35.1. The summed E-state index contributed by atoms with van der Waals surface area (Å²) >= 11 is 2.77. The van der Waals surface area contributed by atoms with Crippen molar-refractivity contribution < 1.29 is 17.6 Å². The SMILES string of the molecule is Fc1cc(F)cc(C2=CN(c3cccc4ccccc34)/C(=C3\SC(c4cc(F)cc(F)c4)=CN3c3cccc4ccccc34)S2)c1. The summed E-state index contributed by atoms with van der Waals surface area (Å²) in [5, 5.41) is 5.60. The van der Waals surface area contributed by atoms with Gasteiger partial charge in [-0.25, -0.2) is 17.6 Å². The Balaban J connectivity index is 1.37. The van der Waals surface area contributed by atoms with E-state index in [4.69, 9.17) is 0 Å². The van der Waals surface area contributed by atoms with Crippen LogP contribution in [-0.2, 0) is 0 Å². The Kier molecular flexibility index (Phi) is 7.11. The monoisotopic (exact) mass is 646 g/mol. The molecule has 0 atom stereocenters. The normalized spacial score (nSPS) is 16.4. The molecule has 6 aromatic rings. The minimum Gasteiger partial charge on any atom is -0.307 e. The fourth-order valence-electron chi connectivity index (χ4n) is 5.86. The molecule has 0 bridgehead atoms. The minimum absolute atomic E-state index is 0.406. The van der Waals surface area contributed by atoms with Crippen LogP contribution < -0.4 is 9.80 Å². The molecule has 8 heteroatoms. The van der Waals surface area contributed by atoms with Gasteiger partial charge in [0.1, 0.15) is 33.3 Å². The van der Waals surface area contributed by atoms with E-state index >= 15 is 0 Å². The molecule has 2 nitrogen and oxygen atoms in total. The molecule has 0 aliphatic carbocycles. The average molecular weight is 647 g/mol. The maximum absolute atomic E-state index is 14.5. The van der Waals surface area contributed by atoms with Crippen LogP contribution in [0.25, 0.3) is 31.4 Å². The van der Waals surface area contributed by atoms with E-state index < -0.39 is 23.3 Å². The third-order valence-corrected chi connectivity index (χ3v) is 10.3. The first-order valence-electron chi connectivity index (χ1n) is 14.4. The number of fused-ring (bicyclic) bond motifs is 2. The molecular weight excluding hydrogens is 625 g/mol. The van der Waals surface area contributed by atoms with E-state index in [1.807, 2.05) is 107 Å². The van der Waals surface area contributed by atoms with E-state index in [-0.39, 0.29) is 0 Å². The molecule has 2 heterocycles. The van der Waals surface area contributed by atoms with Crippen LogP contribution in [0.2, 0.25) is 0 Å². The van der Waals surface area contributed by atoms with Gasteiger partial charge in [0.15, 0.2) is 0 Å². The second-order valence-corrected chi connectivity index (χ2v) is 12.9. The predicted molar refractivity (Wildman–Crippen MR) is 184 cm³/mol. The van der Waals surface area contributed by atoms with E-state index in [0.29, 0.717) is 20.9 Å². The summed E-state index contributed by atoms with van der Waals surface area (Å²) in [6.07, 6.45) is 3.79. The Hall–Kier alpha value is -4.92. The number of rotatable bonds is 4. The third-order valence-electron chi connectivity index (χ3n) is 7.87. The van der Waals surface area contributed by atoms with Crippen molar-refractivity contribution in [2.45, 2.75) is 0 Å². The van der Waals surface area contributed by atoms with Gasteiger partial charge in [-0.1, -0.05) is 96.3 Å². The number of anilines is 2. The summed E-state index contributed by atoms with van der Waals surface area (Å²) in [4.78, 5) is 5.37. The number of halogens is 4. The molecule has 46 heavy (non-hydrogen) atoms. The Morgan fingerprint density at radius 3 is 1.20 bits per heavy atom. The van der Waals surface area contributed by atoms with Gasteiger partial charge in [0.25, 0.3) is 0 Å². The van der Waals surface area contributed by atoms with Crippen molar-refractivity contribution in [1.82, 2.24) is 0 Å². The van der Waals surface area contributed by atoms with Crippen molar-refractivity contribution in [3.05, 3.63) is 178 Å². The number of hydrogen-bond donors (Lipinski definition) is 0. The molecule has 2 aliphatic rings. The van der Waals surface area contributed by atoms with Gasteiger partial charge in [0, 0.05) is 45.1 Å². The van der Waals surface area contributed by atoms with Crippen LogP contribution >= 0.6 is 23.5 Å². The number of hydrogen-bond acceptors (Lipinski definition) is 4. The van der Waals surface area contributed by atoms with Crippen LogP contribution in [-0.4, -0.2) is 0 Å². The van der Waals surface area contributed by atoms with Gasteiger partial charge >= 0.3 is 0 Å². The zero-order valence-electron chi connectivity index (χ0n) is 23.9. The molecule has 0 N–H and O–H groups in total. The summed E-state index contributed by atoms with van der Waals surface area (Å²) in [5.41, 5.74) is 2.57. The predicted octanol–water partition coefficient (Wildman–Crippen LogP) is 11.5. The molecule has 0 fully saturated rings. The number of nitrogens with zero attached hydrogens (tertiary/aromatic N) is 2. The highest BCUT2D eigenvalue weighted by Gasteiger charge is 2.34. The zero-order chi connectivity index (χ0) is 31.4. The maximum Gasteiger partial charge on any atom is 0.126 e. The quantitative estimate of drug-likeness (QED) is 0.176. The smallest absolute Gasteiger partial charge is 0.126 e. The fraction of sp³-hybridized carbons (Fsp3) is 0. The lowest BCUT2D eigenvalue weighted by atomic mass is 10.1. The molecule has 0 amide bonds. The average Bonchev–Trinajstić information content (AvgIpc) is 3.69. The zero-order valence-corrected chi connectivity index (χ0v) is 25.6. The summed E-state index contributed by atoms with van der Waals surface area (Å²) in [6.45, 7) is 0. The maximum atomic E-state index is 14.5. The van der Waals surface area contributed by atoms with Gasteiger partial charge in [-0.2, -0.15) is 0 Å². The Morgan fingerprint density at radius 2 is 0.783 bits per heavy atom. The topological polar surface area (TPSA) is 6.48 Å². The molecule has 0 radical (unpaired) electrons. The fourth-order valence-corrected chi connectivity index (χ4v) is 8.18. The second-order valence-electron chi connectivity index (χ2n) is 10.9. The molecule has 8 rings (SSSR count). The standard InChI is InChI=1S/C38H22F4N2S2/c39-27-15-25(16-28(40)19-27)35-21-43(33-13-5-9-23-7-1-3-11-31(23)33)37(45-35)38-44(34-14-6-10-24-8-2-4-12-32(24)34)22-36(46-38)26-17-29(41)20-30(42)18-26/h1-22H/b38-37+. The first-order chi connectivity index (χ1) is 22.4. The van der Waals surface area contributed by atoms with Crippen LogP contribution in [0.3, 0.4) is 0 Å². The van der Waals surface area contributed by atoms with Crippen LogP contribution in [0.5, 0.6) is 0 Å². The largest absolute Gasteiger partial charge is 0.307 e. The van der Waals surface area contributed by atoms with Crippen LogP contribution in [0.4, 0.5) is 28.9 Å². The van der Waals surface area contributed by atoms with Crippen LogP contribution in [0.1, 0.15) is 11.1 Å². The van der Waals surface area contributed by atoms with Crippen molar-refractivity contribution in [3.8, 4) is 0 Å². The van der Waals surface area contributed by atoms with Crippen molar-refractivity contribution >= 4 is 66.3 Å². The molecule has 6 aromatic carbocycles. The van der Waals surface area contributed by atoms with Crippen LogP contribution in [0.15, 0.2) is 144 Å². The molecule has 2 aliphatic heterocycles. The Labute approximate surface area is 271 Å². The third kappa shape index (κ3) is 5.13. The summed E-state index contributed by atoms with van der Waals surface area (Å²) < 4.78 is 57.8. The van der Waals surface area contributed by atoms with Gasteiger partial charge in [0.05, 0.1) is 11.4 Å². The lowest BCUT2D eigenvalue weighted by Crippen LogP contribution is -2.18. The van der Waals surface area contributed by atoms with Crippen molar-refractivity contribution in [3.63, 3.8) is 0 Å². The molecule has 0 spiro atoms. The minimum atomic E-state index is -0.668. The lowest BCUT2D eigenvalue weighted by Gasteiger charge is -2.26. The molecule has 224 valence electrons. The van der Waals surface area contributed by atoms with E-state index in [9.17, 15) is 17.6 Å². The summed E-state index contributed by atoms with van der Waals surface area (Å²) in [7, 11) is 0. The molecule has 0 aromatic heterocycles. The van der Waals surface area contributed by atoms with Gasteiger partial charge in [-0.15, -0.1) is 0 Å². The van der Waals surface area contributed by atoms with Gasteiger partial charge in [0.2, 0.25) is 0 Å². The Bertz CT molecular complexity index is 2080. The number of thioether (sulfide) groups is 2. The van der Waals surface area contributed by atoms with Gasteiger partial charge in [-0.3, -0.25) is 0 Å². The van der Waals surface area contributed by atoms with E-state index in [0.717, 1.165) is 55.1 Å². The molecule has 0 unspecified atom stereocenters. The second kappa shape index (κ2) is 11.5. The van der Waals surface area contributed by atoms with Crippen molar-refractivity contribution in [1.29, 1.82) is 0 Å². The molecule has 0 saturated carbocycles. The first kappa shape index (κ1) is 28.5.